The summed E-state index contributed by atoms with van der Waals surface area (Å²) < 4.78 is 13.4. The minimum Gasteiger partial charge on any atom is -0.337 e. The van der Waals surface area contributed by atoms with Gasteiger partial charge in [-0.1, -0.05) is 24.3 Å². The number of imidazole rings is 1. The van der Waals surface area contributed by atoms with Gasteiger partial charge >= 0.3 is 0 Å². The number of H-pyrrole nitrogens is 1. The highest BCUT2D eigenvalue weighted by Gasteiger charge is 2.15. The van der Waals surface area contributed by atoms with Crippen molar-refractivity contribution < 1.29 is 4.39 Å². The van der Waals surface area contributed by atoms with E-state index in [-0.39, 0.29) is 5.82 Å². The van der Waals surface area contributed by atoms with Crippen molar-refractivity contribution in [2.24, 2.45) is 0 Å². The zero-order valence-electron chi connectivity index (χ0n) is 14.9. The summed E-state index contributed by atoms with van der Waals surface area (Å²) in [4.78, 5) is 12.3. The zero-order valence-corrected chi connectivity index (χ0v) is 14.9. The second-order valence-electron chi connectivity index (χ2n) is 6.28. The zero-order chi connectivity index (χ0) is 18.6. The van der Waals surface area contributed by atoms with Gasteiger partial charge in [-0.2, -0.15) is 0 Å². The van der Waals surface area contributed by atoms with Gasteiger partial charge in [-0.25, -0.2) is 9.37 Å². The fourth-order valence-electron chi connectivity index (χ4n) is 3.04. The molecule has 0 bridgehead atoms. The molecule has 0 amide bonds. The SMILES string of the molecule is CNCc1ccc(-c2nc(-c3ccc(F)cc3)c(-c3ccncc3)[nH]2)cc1. The summed E-state index contributed by atoms with van der Waals surface area (Å²) in [5.74, 6) is 0.511. The fraction of sp³-hybridized carbons (Fsp3) is 0.0909. The number of nitrogens with one attached hydrogen (secondary N) is 2. The van der Waals surface area contributed by atoms with Crippen molar-refractivity contribution >= 4 is 0 Å². The number of rotatable bonds is 5. The van der Waals surface area contributed by atoms with E-state index in [1.54, 1.807) is 24.5 Å². The van der Waals surface area contributed by atoms with Gasteiger partial charge in [0.1, 0.15) is 11.6 Å². The van der Waals surface area contributed by atoms with Crippen LogP contribution < -0.4 is 5.32 Å². The monoisotopic (exact) mass is 358 g/mol. The molecule has 2 aromatic carbocycles. The Balaban J connectivity index is 1.81. The summed E-state index contributed by atoms with van der Waals surface area (Å²) in [6.45, 7) is 0.821. The first kappa shape index (κ1) is 17.1. The Bertz CT molecular complexity index is 1020. The Morgan fingerprint density at radius 2 is 1.52 bits per heavy atom. The fourth-order valence-corrected chi connectivity index (χ4v) is 3.04. The van der Waals surface area contributed by atoms with E-state index in [9.17, 15) is 4.39 Å². The highest BCUT2D eigenvalue weighted by atomic mass is 19.1. The third kappa shape index (κ3) is 3.64. The first-order valence-corrected chi connectivity index (χ1v) is 8.75. The average molecular weight is 358 g/mol. The number of hydrogen-bond donors (Lipinski definition) is 2. The van der Waals surface area contributed by atoms with E-state index in [1.807, 2.05) is 19.2 Å². The van der Waals surface area contributed by atoms with Crippen LogP contribution >= 0.6 is 0 Å². The topological polar surface area (TPSA) is 53.6 Å². The van der Waals surface area contributed by atoms with Crippen molar-refractivity contribution in [3.63, 3.8) is 0 Å². The molecule has 0 spiro atoms. The normalized spacial score (nSPS) is 10.9. The van der Waals surface area contributed by atoms with Crippen LogP contribution in [0.3, 0.4) is 0 Å². The molecular weight excluding hydrogens is 339 g/mol. The van der Waals surface area contributed by atoms with Crippen LogP contribution in [0.25, 0.3) is 33.9 Å². The summed E-state index contributed by atoms with van der Waals surface area (Å²) in [6.07, 6.45) is 3.49. The molecule has 4 rings (SSSR count). The summed E-state index contributed by atoms with van der Waals surface area (Å²) in [5.41, 5.74) is 5.72. The second kappa shape index (κ2) is 7.51. The van der Waals surface area contributed by atoms with Gasteiger partial charge in [0.15, 0.2) is 0 Å². The molecule has 2 N–H and O–H groups in total. The third-order valence-corrected chi connectivity index (χ3v) is 4.40. The maximum absolute atomic E-state index is 13.4. The molecule has 0 aliphatic rings. The van der Waals surface area contributed by atoms with Crippen molar-refractivity contribution in [1.29, 1.82) is 0 Å². The van der Waals surface area contributed by atoms with Gasteiger partial charge in [-0.3, -0.25) is 4.98 Å². The molecule has 5 heteroatoms. The molecule has 0 atom stereocenters. The number of nitrogens with zero attached hydrogens (tertiary/aromatic N) is 2. The van der Waals surface area contributed by atoms with Crippen LogP contribution in [0.4, 0.5) is 4.39 Å². The van der Waals surface area contributed by atoms with E-state index in [4.69, 9.17) is 4.98 Å². The molecule has 2 aromatic heterocycles. The van der Waals surface area contributed by atoms with Crippen molar-refractivity contribution in [3.8, 4) is 33.9 Å². The molecule has 27 heavy (non-hydrogen) atoms. The van der Waals surface area contributed by atoms with E-state index >= 15 is 0 Å². The van der Waals surface area contributed by atoms with E-state index < -0.39 is 0 Å². The Hall–Kier alpha value is -3.31. The van der Waals surface area contributed by atoms with Gasteiger partial charge < -0.3 is 10.3 Å². The number of aromatic amines is 1. The van der Waals surface area contributed by atoms with E-state index in [1.165, 1.54) is 17.7 Å². The molecule has 4 aromatic rings. The third-order valence-electron chi connectivity index (χ3n) is 4.40. The van der Waals surface area contributed by atoms with Crippen molar-refractivity contribution in [2.45, 2.75) is 6.54 Å². The van der Waals surface area contributed by atoms with Crippen molar-refractivity contribution in [2.75, 3.05) is 7.05 Å². The van der Waals surface area contributed by atoms with Gasteiger partial charge in [-0.05, 0) is 49.0 Å². The van der Waals surface area contributed by atoms with Crippen LogP contribution in [-0.4, -0.2) is 22.0 Å². The Morgan fingerprint density at radius 3 is 2.19 bits per heavy atom. The van der Waals surface area contributed by atoms with Crippen LogP contribution in [0.1, 0.15) is 5.56 Å². The van der Waals surface area contributed by atoms with Gasteiger partial charge in [0, 0.05) is 35.6 Å². The molecule has 0 aliphatic heterocycles. The molecular formula is C22H19FN4. The van der Waals surface area contributed by atoms with Crippen LogP contribution in [0, 0.1) is 5.82 Å². The summed E-state index contributed by atoms with van der Waals surface area (Å²) in [6, 6.07) is 18.5. The maximum atomic E-state index is 13.4. The van der Waals surface area contributed by atoms with E-state index in [0.29, 0.717) is 0 Å². The summed E-state index contributed by atoms with van der Waals surface area (Å²) in [7, 11) is 1.93. The molecule has 0 aliphatic carbocycles. The molecule has 0 saturated heterocycles. The van der Waals surface area contributed by atoms with Crippen LogP contribution in [0.5, 0.6) is 0 Å². The van der Waals surface area contributed by atoms with E-state index in [0.717, 1.165) is 40.4 Å². The Kier molecular flexibility index (Phi) is 4.77. The molecule has 0 saturated carbocycles. The van der Waals surface area contributed by atoms with Crippen molar-refractivity contribution in [3.05, 3.63) is 84.4 Å². The molecule has 0 radical (unpaired) electrons. The smallest absolute Gasteiger partial charge is 0.138 e. The highest BCUT2D eigenvalue weighted by molar-refractivity contribution is 5.81. The second-order valence-corrected chi connectivity index (χ2v) is 6.28. The number of benzene rings is 2. The lowest BCUT2D eigenvalue weighted by Crippen LogP contribution is -2.04. The molecule has 4 nitrogen and oxygen atoms in total. The lowest BCUT2D eigenvalue weighted by Gasteiger charge is -2.02. The number of halogens is 1. The quantitative estimate of drug-likeness (QED) is 0.545. The number of hydrogen-bond acceptors (Lipinski definition) is 3. The first-order chi connectivity index (χ1) is 13.2. The largest absolute Gasteiger partial charge is 0.337 e. The maximum Gasteiger partial charge on any atom is 0.138 e. The van der Waals surface area contributed by atoms with E-state index in [2.05, 4.69) is 39.6 Å². The van der Waals surface area contributed by atoms with Gasteiger partial charge in [0.05, 0.1) is 11.4 Å². The van der Waals surface area contributed by atoms with Gasteiger partial charge in [-0.15, -0.1) is 0 Å². The standard InChI is InChI=1S/C22H19FN4/c1-24-14-15-2-4-18(5-3-15)22-26-20(16-6-8-19(23)9-7-16)21(27-22)17-10-12-25-13-11-17/h2-13,24H,14H2,1H3,(H,26,27). The molecule has 0 unspecified atom stereocenters. The van der Waals surface area contributed by atoms with Gasteiger partial charge in [0.2, 0.25) is 0 Å². The highest BCUT2D eigenvalue weighted by Crippen LogP contribution is 2.32. The summed E-state index contributed by atoms with van der Waals surface area (Å²) in [5, 5.41) is 3.14. The lowest BCUT2D eigenvalue weighted by atomic mass is 10.1. The lowest BCUT2D eigenvalue weighted by molar-refractivity contribution is 0.628. The predicted molar refractivity (Wildman–Crippen MR) is 105 cm³/mol. The molecule has 134 valence electrons. The van der Waals surface area contributed by atoms with Crippen LogP contribution in [-0.2, 0) is 6.54 Å². The molecule has 2 heterocycles. The minimum atomic E-state index is -0.264. The van der Waals surface area contributed by atoms with Crippen LogP contribution in [0.15, 0.2) is 73.1 Å². The molecule has 0 fully saturated rings. The predicted octanol–water partition coefficient (Wildman–Crippen LogP) is 4.66. The first-order valence-electron chi connectivity index (χ1n) is 8.75. The number of pyridine rings is 1. The number of aromatic nitrogens is 3. The average Bonchev–Trinajstić information content (AvgIpc) is 3.15. The van der Waals surface area contributed by atoms with Crippen molar-refractivity contribution in [1.82, 2.24) is 20.3 Å². The summed E-state index contributed by atoms with van der Waals surface area (Å²) >= 11 is 0. The Labute approximate surface area is 157 Å². The van der Waals surface area contributed by atoms with Crippen LogP contribution in [0.2, 0.25) is 0 Å². The van der Waals surface area contributed by atoms with Gasteiger partial charge in [0.25, 0.3) is 0 Å². The Morgan fingerprint density at radius 1 is 0.852 bits per heavy atom. The minimum absolute atomic E-state index is 0.264.